The molecule has 4 nitrogen and oxygen atoms in total. The molecule has 1 amide bonds. The van der Waals surface area contributed by atoms with Gasteiger partial charge in [-0.2, -0.15) is 0 Å². The predicted molar refractivity (Wildman–Crippen MR) is 68.3 cm³/mol. The first-order valence-electron chi connectivity index (χ1n) is 5.84. The number of hydrogen-bond donors (Lipinski definition) is 2. The third-order valence-corrected chi connectivity index (χ3v) is 3.27. The van der Waals surface area contributed by atoms with Gasteiger partial charge in [0.05, 0.1) is 11.7 Å². The minimum absolute atomic E-state index is 0.0253. The number of halogens is 1. The normalized spacial score (nSPS) is 20.0. The van der Waals surface area contributed by atoms with Crippen LogP contribution in [-0.4, -0.2) is 23.5 Å². The summed E-state index contributed by atoms with van der Waals surface area (Å²) in [7, 11) is 0. The molecule has 1 fully saturated rings. The summed E-state index contributed by atoms with van der Waals surface area (Å²) in [6, 6.07) is 1.72. The molecule has 2 N–H and O–H groups in total. The molecule has 1 aliphatic heterocycles. The van der Waals surface area contributed by atoms with Crippen molar-refractivity contribution in [2.24, 2.45) is 0 Å². The van der Waals surface area contributed by atoms with Crippen molar-refractivity contribution in [3.05, 3.63) is 23.0 Å². The largest absolute Gasteiger partial charge is 0.322 e. The Balaban J connectivity index is 2.07. The van der Waals surface area contributed by atoms with E-state index in [1.165, 1.54) is 0 Å². The zero-order chi connectivity index (χ0) is 12.3. The number of hydrogen-bond acceptors (Lipinski definition) is 3. The number of nitrogens with zero attached hydrogens (tertiary/aromatic N) is 1. The lowest BCUT2D eigenvalue weighted by molar-refractivity contribution is -0.118. The molecule has 2 rings (SSSR count). The molecule has 92 valence electrons. The molecule has 17 heavy (non-hydrogen) atoms. The van der Waals surface area contributed by atoms with Gasteiger partial charge in [0.1, 0.15) is 0 Å². The van der Waals surface area contributed by atoms with E-state index in [1.807, 2.05) is 13.0 Å². The van der Waals surface area contributed by atoms with Crippen molar-refractivity contribution in [2.75, 3.05) is 11.9 Å². The van der Waals surface area contributed by atoms with Crippen molar-refractivity contribution in [1.82, 2.24) is 10.3 Å². The number of piperidine rings is 1. The summed E-state index contributed by atoms with van der Waals surface area (Å²) in [4.78, 5) is 16.0. The molecule has 1 saturated heterocycles. The average molecular weight is 254 g/mol. The Morgan fingerprint density at radius 2 is 2.41 bits per heavy atom. The monoisotopic (exact) mass is 253 g/mol. The van der Waals surface area contributed by atoms with Crippen LogP contribution in [0.4, 0.5) is 5.69 Å². The summed E-state index contributed by atoms with van der Waals surface area (Å²) in [5.74, 6) is -0.0253. The zero-order valence-electron chi connectivity index (χ0n) is 9.79. The number of anilines is 1. The highest BCUT2D eigenvalue weighted by Crippen LogP contribution is 2.23. The van der Waals surface area contributed by atoms with Crippen molar-refractivity contribution in [2.45, 2.75) is 32.2 Å². The summed E-state index contributed by atoms with van der Waals surface area (Å²) >= 11 is 5.97. The number of carbonyl (C=O) groups excluding carboxylic acids is 1. The van der Waals surface area contributed by atoms with Gasteiger partial charge in [0.15, 0.2) is 5.15 Å². The van der Waals surface area contributed by atoms with Crippen LogP contribution < -0.4 is 10.6 Å². The van der Waals surface area contributed by atoms with Crippen molar-refractivity contribution in [1.29, 1.82) is 0 Å². The maximum atomic E-state index is 12.0. The quantitative estimate of drug-likeness (QED) is 0.794. The summed E-state index contributed by atoms with van der Waals surface area (Å²) in [5, 5.41) is 6.40. The summed E-state index contributed by atoms with van der Waals surface area (Å²) in [6.07, 6.45) is 4.73. The molecule has 1 aromatic heterocycles. The summed E-state index contributed by atoms with van der Waals surface area (Å²) < 4.78 is 0. The Bertz CT molecular complexity index is 396. The molecule has 0 aliphatic carbocycles. The van der Waals surface area contributed by atoms with Crippen LogP contribution in [0.3, 0.4) is 0 Å². The molecule has 2 heterocycles. The maximum absolute atomic E-state index is 12.0. The Hall–Kier alpha value is -1.13. The van der Waals surface area contributed by atoms with E-state index in [-0.39, 0.29) is 11.9 Å². The van der Waals surface area contributed by atoms with Crippen LogP contribution in [0.2, 0.25) is 5.15 Å². The lowest BCUT2D eigenvalue weighted by atomic mass is 10.0. The molecule has 5 heteroatoms. The Kier molecular flexibility index (Phi) is 3.97. The molecule has 1 aliphatic rings. The topological polar surface area (TPSA) is 54.0 Å². The molecule has 1 atom stereocenters. The predicted octanol–water partition coefficient (Wildman–Crippen LogP) is 2.12. The lowest BCUT2D eigenvalue weighted by Crippen LogP contribution is -2.43. The minimum Gasteiger partial charge on any atom is -0.322 e. The number of rotatable bonds is 2. The van der Waals surface area contributed by atoms with E-state index in [0.29, 0.717) is 10.8 Å². The van der Waals surface area contributed by atoms with Crippen LogP contribution in [0.15, 0.2) is 12.3 Å². The highest BCUT2D eigenvalue weighted by molar-refractivity contribution is 6.32. The first-order chi connectivity index (χ1) is 8.18. The van der Waals surface area contributed by atoms with Crippen LogP contribution in [0.5, 0.6) is 0 Å². The van der Waals surface area contributed by atoms with Crippen LogP contribution in [0.1, 0.15) is 24.8 Å². The van der Waals surface area contributed by atoms with Gasteiger partial charge in [-0.25, -0.2) is 4.98 Å². The van der Waals surface area contributed by atoms with Crippen molar-refractivity contribution in [3.63, 3.8) is 0 Å². The minimum atomic E-state index is -0.112. The van der Waals surface area contributed by atoms with Crippen LogP contribution in [0, 0.1) is 6.92 Å². The number of nitrogens with one attached hydrogen (secondary N) is 2. The highest BCUT2D eigenvalue weighted by atomic mass is 35.5. The smallest absolute Gasteiger partial charge is 0.241 e. The van der Waals surface area contributed by atoms with Gasteiger partial charge in [-0.3, -0.25) is 4.79 Å². The van der Waals surface area contributed by atoms with Gasteiger partial charge in [-0.05, 0) is 37.9 Å². The van der Waals surface area contributed by atoms with Crippen LogP contribution in [0.25, 0.3) is 0 Å². The van der Waals surface area contributed by atoms with E-state index in [9.17, 15) is 4.79 Å². The van der Waals surface area contributed by atoms with Gasteiger partial charge in [0.2, 0.25) is 5.91 Å². The van der Waals surface area contributed by atoms with E-state index in [0.717, 1.165) is 31.4 Å². The first-order valence-corrected chi connectivity index (χ1v) is 6.21. The van der Waals surface area contributed by atoms with Crippen molar-refractivity contribution in [3.8, 4) is 0 Å². The Morgan fingerprint density at radius 3 is 3.06 bits per heavy atom. The Morgan fingerprint density at radius 1 is 1.59 bits per heavy atom. The first kappa shape index (κ1) is 12.3. The molecule has 0 saturated carbocycles. The second-order valence-corrected chi connectivity index (χ2v) is 4.64. The fourth-order valence-electron chi connectivity index (χ4n) is 1.96. The second kappa shape index (κ2) is 5.47. The van der Waals surface area contributed by atoms with Crippen LogP contribution >= 0.6 is 11.6 Å². The maximum Gasteiger partial charge on any atom is 0.241 e. The van der Waals surface area contributed by atoms with Crippen molar-refractivity contribution >= 4 is 23.2 Å². The van der Waals surface area contributed by atoms with Gasteiger partial charge in [0, 0.05) is 6.20 Å². The molecule has 0 radical (unpaired) electrons. The third-order valence-electron chi connectivity index (χ3n) is 2.99. The molecule has 0 unspecified atom stereocenters. The molecule has 0 aromatic carbocycles. The summed E-state index contributed by atoms with van der Waals surface area (Å²) in [6.45, 7) is 2.80. The number of carbonyl (C=O) groups is 1. The lowest BCUT2D eigenvalue weighted by Gasteiger charge is -2.23. The van der Waals surface area contributed by atoms with Gasteiger partial charge >= 0.3 is 0 Å². The Labute approximate surface area is 106 Å². The van der Waals surface area contributed by atoms with Gasteiger partial charge in [-0.1, -0.05) is 18.0 Å². The van der Waals surface area contributed by atoms with E-state index < -0.39 is 0 Å². The number of pyridine rings is 1. The standard InChI is InChI=1S/C12H16ClN3O/c1-8-5-7-15-11(13)10(8)16-12(17)9-4-2-3-6-14-9/h5,7,9,14H,2-4,6H2,1H3,(H,16,17)/t9-/m1/s1. The number of aromatic nitrogens is 1. The zero-order valence-corrected chi connectivity index (χ0v) is 10.5. The van der Waals surface area contributed by atoms with E-state index in [2.05, 4.69) is 15.6 Å². The molecule has 0 spiro atoms. The fourth-order valence-corrected chi connectivity index (χ4v) is 2.21. The third kappa shape index (κ3) is 2.96. The fraction of sp³-hybridized carbons (Fsp3) is 0.500. The van der Waals surface area contributed by atoms with E-state index in [1.54, 1.807) is 6.20 Å². The second-order valence-electron chi connectivity index (χ2n) is 4.29. The SMILES string of the molecule is Cc1ccnc(Cl)c1NC(=O)[C@H]1CCCCN1. The molecule has 0 bridgehead atoms. The molecule has 1 aromatic rings. The van der Waals surface area contributed by atoms with Crippen molar-refractivity contribution < 1.29 is 4.79 Å². The number of amides is 1. The highest BCUT2D eigenvalue weighted by Gasteiger charge is 2.21. The van der Waals surface area contributed by atoms with Gasteiger partial charge in [-0.15, -0.1) is 0 Å². The van der Waals surface area contributed by atoms with Crippen LogP contribution in [-0.2, 0) is 4.79 Å². The summed E-state index contributed by atoms with van der Waals surface area (Å²) in [5.41, 5.74) is 1.54. The van der Waals surface area contributed by atoms with E-state index in [4.69, 9.17) is 11.6 Å². The molecular formula is C12H16ClN3O. The van der Waals surface area contributed by atoms with Gasteiger partial charge in [0.25, 0.3) is 0 Å². The van der Waals surface area contributed by atoms with E-state index >= 15 is 0 Å². The number of aryl methyl sites for hydroxylation is 1. The average Bonchev–Trinajstić information content (AvgIpc) is 2.35. The van der Waals surface area contributed by atoms with Gasteiger partial charge < -0.3 is 10.6 Å². The molecular weight excluding hydrogens is 238 g/mol.